The zero-order chi connectivity index (χ0) is 36.7. The Morgan fingerprint density at radius 3 is 1.08 bits per heavy atom. The fraction of sp³-hybridized carbons (Fsp3) is 0.132. The normalized spacial score (nSPS) is 10.2. The van der Waals surface area contributed by atoms with Gasteiger partial charge in [0.05, 0.1) is 0 Å². The Labute approximate surface area is 282 Å². The van der Waals surface area contributed by atoms with Crippen molar-refractivity contribution in [1.82, 2.24) is 0 Å². The van der Waals surface area contributed by atoms with Crippen LogP contribution in [0.3, 0.4) is 0 Å². The molecule has 0 bridgehead atoms. The SMILES string of the molecule is C=C(C)C(=O)Oc1ccc(-c2cc(OC(=O)C(=C)C)c(-c3ccc(OC(=O)C(=C)C)c(OC(=O)C(=C)C)c3)cc2F)cc1OC(=O)C(=C)C. The zero-order valence-electron chi connectivity index (χ0n) is 27.6. The molecule has 0 unspecified atom stereocenters. The topological polar surface area (TPSA) is 132 Å². The molecule has 10 nitrogen and oxygen atoms in total. The van der Waals surface area contributed by atoms with Crippen LogP contribution in [0.5, 0.6) is 28.7 Å². The van der Waals surface area contributed by atoms with E-state index in [-0.39, 0.29) is 78.9 Å². The molecule has 0 radical (unpaired) electrons. The maximum absolute atomic E-state index is 16.0. The van der Waals surface area contributed by atoms with Gasteiger partial charge in [-0.1, -0.05) is 45.0 Å². The Morgan fingerprint density at radius 1 is 0.429 bits per heavy atom. The highest BCUT2D eigenvalue weighted by Gasteiger charge is 2.23. The molecule has 0 aliphatic rings. The number of halogens is 1. The molecular weight excluding hydrogens is 635 g/mol. The Balaban J connectivity index is 2.26. The van der Waals surface area contributed by atoms with Gasteiger partial charge in [-0.15, -0.1) is 0 Å². The van der Waals surface area contributed by atoms with Crippen LogP contribution in [0.4, 0.5) is 4.39 Å². The fourth-order valence-corrected chi connectivity index (χ4v) is 3.70. The molecule has 0 aromatic heterocycles. The smallest absolute Gasteiger partial charge is 0.338 e. The van der Waals surface area contributed by atoms with Gasteiger partial charge in [0.25, 0.3) is 0 Å². The standard InChI is InChI=1S/C38H33FO10/c1-19(2)34(40)45-29-13-11-24(15-32(29)48-37(43)22(7)8)26-18-31(47-36(42)21(5)6)27(17-28(26)39)25-12-14-30(46-35(41)20(3)4)33(16-25)49-38(44)23(9)10/h11-18H,1,3,5,7,9H2,2,4,6,8,10H3. The predicted molar refractivity (Wildman–Crippen MR) is 180 cm³/mol. The van der Waals surface area contributed by atoms with Crippen molar-refractivity contribution in [2.75, 3.05) is 0 Å². The number of ether oxygens (including phenoxy) is 5. The summed E-state index contributed by atoms with van der Waals surface area (Å²) in [5.41, 5.74) is 0.513. The number of hydrogen-bond donors (Lipinski definition) is 0. The van der Waals surface area contributed by atoms with E-state index in [9.17, 15) is 24.0 Å². The number of carbonyl (C=O) groups excluding carboxylic acids is 5. The van der Waals surface area contributed by atoms with Gasteiger partial charge in [-0.3, -0.25) is 0 Å². The van der Waals surface area contributed by atoms with Gasteiger partial charge in [0, 0.05) is 39.0 Å². The first kappa shape index (κ1) is 37.1. The van der Waals surface area contributed by atoms with E-state index in [0.29, 0.717) is 0 Å². The molecule has 0 N–H and O–H groups in total. The van der Waals surface area contributed by atoms with E-state index in [1.807, 2.05) is 0 Å². The van der Waals surface area contributed by atoms with E-state index in [1.54, 1.807) is 0 Å². The van der Waals surface area contributed by atoms with Crippen LogP contribution >= 0.6 is 0 Å². The molecule has 0 saturated carbocycles. The van der Waals surface area contributed by atoms with E-state index < -0.39 is 35.7 Å². The maximum Gasteiger partial charge on any atom is 0.338 e. The number of rotatable bonds is 12. The van der Waals surface area contributed by atoms with Crippen LogP contribution < -0.4 is 23.7 Å². The second-order valence-corrected chi connectivity index (χ2v) is 11.0. The lowest BCUT2D eigenvalue weighted by atomic mass is 9.97. The highest BCUT2D eigenvalue weighted by atomic mass is 19.1. The van der Waals surface area contributed by atoms with Crippen LogP contribution in [0.2, 0.25) is 0 Å². The summed E-state index contributed by atoms with van der Waals surface area (Å²) in [5, 5.41) is 0. The minimum atomic E-state index is -0.836. The molecule has 0 heterocycles. The van der Waals surface area contributed by atoms with E-state index in [2.05, 4.69) is 32.9 Å². The third-order valence-electron chi connectivity index (χ3n) is 6.33. The number of carbonyl (C=O) groups is 5. The number of esters is 5. The van der Waals surface area contributed by atoms with Crippen LogP contribution in [0.15, 0.2) is 109 Å². The molecule has 0 fully saturated rings. The van der Waals surface area contributed by atoms with Crippen molar-refractivity contribution in [2.45, 2.75) is 34.6 Å². The van der Waals surface area contributed by atoms with Crippen molar-refractivity contribution in [2.24, 2.45) is 0 Å². The minimum Gasteiger partial charge on any atom is -0.423 e. The molecule has 3 aromatic rings. The lowest BCUT2D eigenvalue weighted by molar-refractivity contribution is -0.132. The molecule has 0 aliphatic heterocycles. The van der Waals surface area contributed by atoms with Crippen LogP contribution in [0.1, 0.15) is 34.6 Å². The van der Waals surface area contributed by atoms with E-state index in [0.717, 1.165) is 6.07 Å². The first-order valence-corrected chi connectivity index (χ1v) is 14.4. The molecule has 0 atom stereocenters. The summed E-state index contributed by atoms with van der Waals surface area (Å²) in [6, 6.07) is 10.2. The van der Waals surface area contributed by atoms with Crippen molar-refractivity contribution in [1.29, 1.82) is 0 Å². The molecular formula is C38H33FO10. The Hall–Kier alpha value is -6.36. The van der Waals surface area contributed by atoms with Gasteiger partial charge in [0.2, 0.25) is 0 Å². The number of hydrogen-bond acceptors (Lipinski definition) is 10. The Bertz CT molecular complexity index is 1980. The molecule has 3 rings (SSSR count). The van der Waals surface area contributed by atoms with Crippen molar-refractivity contribution in [3.63, 3.8) is 0 Å². The average Bonchev–Trinajstić information content (AvgIpc) is 3.02. The molecule has 0 spiro atoms. The summed E-state index contributed by atoms with van der Waals surface area (Å²) in [5.74, 6) is -5.80. The zero-order valence-corrected chi connectivity index (χ0v) is 27.6. The van der Waals surface area contributed by atoms with Crippen molar-refractivity contribution in [3.8, 4) is 51.0 Å². The molecule has 0 amide bonds. The van der Waals surface area contributed by atoms with Gasteiger partial charge in [-0.2, -0.15) is 0 Å². The fourth-order valence-electron chi connectivity index (χ4n) is 3.70. The highest BCUT2D eigenvalue weighted by Crippen LogP contribution is 2.42. The summed E-state index contributed by atoms with van der Waals surface area (Å²) in [6.45, 7) is 24.8. The summed E-state index contributed by atoms with van der Waals surface area (Å²) in [7, 11) is 0. The Morgan fingerprint density at radius 2 is 0.735 bits per heavy atom. The van der Waals surface area contributed by atoms with Gasteiger partial charge in [-0.05, 0) is 82.1 Å². The van der Waals surface area contributed by atoms with Gasteiger partial charge in [0.1, 0.15) is 11.6 Å². The lowest BCUT2D eigenvalue weighted by Crippen LogP contribution is -2.13. The summed E-state index contributed by atoms with van der Waals surface area (Å²) in [4.78, 5) is 62.0. The molecule has 3 aromatic carbocycles. The van der Waals surface area contributed by atoms with Gasteiger partial charge in [-0.25, -0.2) is 28.4 Å². The second-order valence-electron chi connectivity index (χ2n) is 11.0. The third kappa shape index (κ3) is 9.35. The van der Waals surface area contributed by atoms with E-state index >= 15 is 4.39 Å². The Kier molecular flexibility index (Phi) is 11.7. The summed E-state index contributed by atoms with van der Waals surface area (Å²) >= 11 is 0. The maximum atomic E-state index is 16.0. The van der Waals surface area contributed by atoms with Crippen molar-refractivity contribution in [3.05, 3.63) is 115 Å². The summed E-state index contributed by atoms with van der Waals surface area (Å²) < 4.78 is 43.0. The lowest BCUT2D eigenvalue weighted by Gasteiger charge is -2.17. The monoisotopic (exact) mass is 668 g/mol. The number of benzene rings is 3. The predicted octanol–water partition coefficient (Wildman–Crippen LogP) is 7.57. The first-order chi connectivity index (χ1) is 22.9. The highest BCUT2D eigenvalue weighted by molar-refractivity contribution is 5.94. The van der Waals surface area contributed by atoms with E-state index in [1.165, 1.54) is 77.1 Å². The molecule has 252 valence electrons. The third-order valence-corrected chi connectivity index (χ3v) is 6.33. The van der Waals surface area contributed by atoms with Crippen molar-refractivity contribution < 1.29 is 52.0 Å². The van der Waals surface area contributed by atoms with Crippen LogP contribution in [-0.4, -0.2) is 29.8 Å². The van der Waals surface area contributed by atoms with Crippen LogP contribution in [0.25, 0.3) is 22.3 Å². The van der Waals surface area contributed by atoms with Gasteiger partial charge in [0.15, 0.2) is 23.0 Å². The van der Waals surface area contributed by atoms with Gasteiger partial charge < -0.3 is 23.7 Å². The van der Waals surface area contributed by atoms with Gasteiger partial charge >= 0.3 is 29.8 Å². The average molecular weight is 669 g/mol. The van der Waals surface area contributed by atoms with Crippen LogP contribution in [0, 0.1) is 5.82 Å². The molecule has 0 aliphatic carbocycles. The quantitative estimate of drug-likeness (QED) is 0.108. The van der Waals surface area contributed by atoms with E-state index in [4.69, 9.17) is 23.7 Å². The molecule has 49 heavy (non-hydrogen) atoms. The summed E-state index contributed by atoms with van der Waals surface area (Å²) in [6.07, 6.45) is 0. The second kappa shape index (κ2) is 15.5. The van der Waals surface area contributed by atoms with Crippen molar-refractivity contribution >= 4 is 29.8 Å². The first-order valence-electron chi connectivity index (χ1n) is 14.4. The molecule has 0 saturated heterocycles. The minimum absolute atomic E-state index is 0.0298. The van der Waals surface area contributed by atoms with Crippen LogP contribution in [-0.2, 0) is 24.0 Å². The molecule has 11 heteroatoms. The largest absolute Gasteiger partial charge is 0.423 e.